The molecule has 4 heteroatoms. The molecule has 3 N–H and O–H groups in total. The van der Waals surface area contributed by atoms with Crippen LogP contribution in [-0.4, -0.2) is 24.1 Å². The molecule has 3 nitrogen and oxygen atoms in total. The number of aromatic nitrogens is 1. The molecule has 1 aliphatic rings. The van der Waals surface area contributed by atoms with E-state index < -0.39 is 0 Å². The van der Waals surface area contributed by atoms with Crippen LogP contribution in [0.25, 0.3) is 0 Å². The molecule has 1 aliphatic heterocycles. The average molecular weight is 211 g/mol. The van der Waals surface area contributed by atoms with Gasteiger partial charge in [0, 0.05) is 30.3 Å². The van der Waals surface area contributed by atoms with Crippen molar-refractivity contribution in [1.82, 2.24) is 10.3 Å². The van der Waals surface area contributed by atoms with E-state index in [1.165, 1.54) is 11.4 Å². The molecule has 78 valence electrons. The summed E-state index contributed by atoms with van der Waals surface area (Å²) in [5.41, 5.74) is 6.90. The lowest BCUT2D eigenvalue weighted by molar-refractivity contribution is 0.708. The van der Waals surface area contributed by atoms with Crippen LogP contribution < -0.4 is 11.1 Å². The molecule has 0 radical (unpaired) electrons. The van der Waals surface area contributed by atoms with E-state index in [0.717, 1.165) is 25.2 Å². The Morgan fingerprint density at radius 1 is 1.79 bits per heavy atom. The van der Waals surface area contributed by atoms with Gasteiger partial charge in [-0.1, -0.05) is 0 Å². The first-order valence-electron chi connectivity index (χ1n) is 5.16. The van der Waals surface area contributed by atoms with Gasteiger partial charge in [0.15, 0.2) is 0 Å². The van der Waals surface area contributed by atoms with E-state index in [2.05, 4.69) is 15.7 Å². The smallest absolute Gasteiger partial charge is 0.0972 e. The van der Waals surface area contributed by atoms with Crippen molar-refractivity contribution in [3.63, 3.8) is 0 Å². The second kappa shape index (κ2) is 4.38. The van der Waals surface area contributed by atoms with Gasteiger partial charge >= 0.3 is 0 Å². The summed E-state index contributed by atoms with van der Waals surface area (Å²) in [6, 6.07) is 0.214. The first kappa shape index (κ1) is 10.1. The van der Waals surface area contributed by atoms with Crippen molar-refractivity contribution in [2.45, 2.75) is 31.7 Å². The molecule has 0 aromatic carbocycles. The number of rotatable bonds is 3. The minimum atomic E-state index is 0.214. The standard InChI is InChI=1S/C10H17N3S/c1-7(11)4-9-6-14-10(13-9)8-2-3-12-5-8/h6-8,12H,2-5,11H2,1H3. The van der Waals surface area contributed by atoms with Gasteiger partial charge in [-0.2, -0.15) is 0 Å². The highest BCUT2D eigenvalue weighted by atomic mass is 32.1. The van der Waals surface area contributed by atoms with Gasteiger partial charge in [-0.05, 0) is 19.9 Å². The van der Waals surface area contributed by atoms with Crippen LogP contribution in [0.4, 0.5) is 0 Å². The molecule has 1 aromatic heterocycles. The Morgan fingerprint density at radius 2 is 2.64 bits per heavy atom. The number of hydrogen-bond acceptors (Lipinski definition) is 4. The topological polar surface area (TPSA) is 50.9 Å². The number of nitrogens with one attached hydrogen (secondary N) is 1. The maximum absolute atomic E-state index is 5.74. The second-order valence-electron chi connectivity index (χ2n) is 4.05. The van der Waals surface area contributed by atoms with E-state index in [9.17, 15) is 0 Å². The maximum atomic E-state index is 5.74. The molecule has 0 bridgehead atoms. The number of thiazole rings is 1. The molecule has 0 aliphatic carbocycles. The van der Waals surface area contributed by atoms with Crippen LogP contribution in [0.15, 0.2) is 5.38 Å². The molecule has 0 spiro atoms. The second-order valence-corrected chi connectivity index (χ2v) is 4.94. The van der Waals surface area contributed by atoms with Crippen molar-refractivity contribution in [3.05, 3.63) is 16.1 Å². The fraction of sp³-hybridized carbons (Fsp3) is 0.700. The molecule has 0 amide bonds. The monoisotopic (exact) mass is 211 g/mol. The predicted molar refractivity (Wildman–Crippen MR) is 59.7 cm³/mol. The summed E-state index contributed by atoms with van der Waals surface area (Å²) in [6.45, 7) is 4.24. The normalized spacial score (nSPS) is 24.0. The molecule has 0 saturated carbocycles. The lowest BCUT2D eigenvalue weighted by Gasteiger charge is -2.03. The number of hydrogen-bond donors (Lipinski definition) is 2. The van der Waals surface area contributed by atoms with Crippen LogP contribution in [0.1, 0.15) is 30.0 Å². The summed E-state index contributed by atoms with van der Waals surface area (Å²) in [5, 5.41) is 6.80. The van der Waals surface area contributed by atoms with Crippen LogP contribution in [0.3, 0.4) is 0 Å². The fourth-order valence-electron chi connectivity index (χ4n) is 1.80. The van der Waals surface area contributed by atoms with E-state index >= 15 is 0 Å². The Hall–Kier alpha value is -0.450. The van der Waals surface area contributed by atoms with Gasteiger partial charge in [0.2, 0.25) is 0 Å². The third-order valence-electron chi connectivity index (χ3n) is 2.51. The lowest BCUT2D eigenvalue weighted by Crippen LogP contribution is -2.18. The van der Waals surface area contributed by atoms with E-state index in [-0.39, 0.29) is 6.04 Å². The first-order valence-corrected chi connectivity index (χ1v) is 6.04. The van der Waals surface area contributed by atoms with Crippen LogP contribution in [0.2, 0.25) is 0 Å². The maximum Gasteiger partial charge on any atom is 0.0972 e. The van der Waals surface area contributed by atoms with Gasteiger partial charge in [-0.3, -0.25) is 0 Å². The Labute approximate surface area is 88.7 Å². The van der Waals surface area contributed by atoms with Crippen molar-refractivity contribution >= 4 is 11.3 Å². The van der Waals surface area contributed by atoms with Gasteiger partial charge < -0.3 is 11.1 Å². The first-order chi connectivity index (χ1) is 6.75. The SMILES string of the molecule is CC(N)Cc1csc(C2CCNC2)n1. The van der Waals surface area contributed by atoms with Gasteiger partial charge in [-0.25, -0.2) is 4.98 Å². The zero-order chi connectivity index (χ0) is 9.97. The molecule has 2 unspecified atom stereocenters. The highest BCUT2D eigenvalue weighted by molar-refractivity contribution is 7.09. The summed E-state index contributed by atoms with van der Waals surface area (Å²) in [7, 11) is 0. The zero-order valence-corrected chi connectivity index (χ0v) is 9.31. The van der Waals surface area contributed by atoms with Gasteiger partial charge in [-0.15, -0.1) is 11.3 Å². The van der Waals surface area contributed by atoms with Crippen molar-refractivity contribution in [3.8, 4) is 0 Å². The van der Waals surface area contributed by atoms with Crippen LogP contribution in [0, 0.1) is 0 Å². The summed E-state index contributed by atoms with van der Waals surface area (Å²) < 4.78 is 0. The van der Waals surface area contributed by atoms with Gasteiger partial charge in [0.25, 0.3) is 0 Å². The van der Waals surface area contributed by atoms with E-state index in [1.54, 1.807) is 11.3 Å². The lowest BCUT2D eigenvalue weighted by atomic mass is 10.1. The Kier molecular flexibility index (Phi) is 3.15. The molecule has 1 aromatic rings. The van der Waals surface area contributed by atoms with Crippen LogP contribution >= 0.6 is 11.3 Å². The number of nitrogens with two attached hydrogens (primary N) is 1. The van der Waals surface area contributed by atoms with Crippen molar-refractivity contribution in [2.24, 2.45) is 5.73 Å². The highest BCUT2D eigenvalue weighted by Gasteiger charge is 2.19. The minimum absolute atomic E-state index is 0.214. The summed E-state index contributed by atoms with van der Waals surface area (Å²) in [6.07, 6.45) is 2.13. The van der Waals surface area contributed by atoms with Gasteiger partial charge in [0.1, 0.15) is 0 Å². The minimum Gasteiger partial charge on any atom is -0.328 e. The summed E-state index contributed by atoms with van der Waals surface area (Å²) >= 11 is 1.78. The van der Waals surface area contributed by atoms with Crippen molar-refractivity contribution < 1.29 is 0 Å². The molecule has 1 saturated heterocycles. The summed E-state index contributed by atoms with van der Waals surface area (Å²) in [4.78, 5) is 4.63. The van der Waals surface area contributed by atoms with E-state index in [1.807, 2.05) is 6.92 Å². The summed E-state index contributed by atoms with van der Waals surface area (Å²) in [5.74, 6) is 0.641. The fourth-order valence-corrected chi connectivity index (χ4v) is 2.77. The highest BCUT2D eigenvalue weighted by Crippen LogP contribution is 2.25. The number of nitrogens with zero attached hydrogens (tertiary/aromatic N) is 1. The predicted octanol–water partition coefficient (Wildman–Crippen LogP) is 1.11. The Bertz CT molecular complexity index is 289. The Balaban J connectivity index is 2.01. The van der Waals surface area contributed by atoms with E-state index in [0.29, 0.717) is 5.92 Å². The van der Waals surface area contributed by atoms with Crippen molar-refractivity contribution in [1.29, 1.82) is 0 Å². The molecule has 2 atom stereocenters. The molecule has 1 fully saturated rings. The van der Waals surface area contributed by atoms with Gasteiger partial charge in [0.05, 0.1) is 10.7 Å². The third-order valence-corrected chi connectivity index (χ3v) is 3.57. The van der Waals surface area contributed by atoms with Crippen LogP contribution in [-0.2, 0) is 6.42 Å². The zero-order valence-electron chi connectivity index (χ0n) is 8.49. The molecule has 2 heterocycles. The molecular weight excluding hydrogens is 194 g/mol. The molecule has 14 heavy (non-hydrogen) atoms. The molecule has 2 rings (SSSR count). The average Bonchev–Trinajstić information content (AvgIpc) is 2.69. The molecular formula is C10H17N3S. The Morgan fingerprint density at radius 3 is 3.29 bits per heavy atom. The van der Waals surface area contributed by atoms with E-state index in [4.69, 9.17) is 5.73 Å². The van der Waals surface area contributed by atoms with Crippen molar-refractivity contribution in [2.75, 3.05) is 13.1 Å². The third kappa shape index (κ3) is 2.32. The quantitative estimate of drug-likeness (QED) is 0.787. The van der Waals surface area contributed by atoms with Crippen LogP contribution in [0.5, 0.6) is 0 Å². The largest absolute Gasteiger partial charge is 0.328 e.